The number of anilines is 1. The Bertz CT molecular complexity index is 1280. The third-order valence-corrected chi connectivity index (χ3v) is 8.40. The summed E-state index contributed by atoms with van der Waals surface area (Å²) in [5, 5.41) is 3.19. The second-order valence-corrected chi connectivity index (χ2v) is 10.7. The van der Waals surface area contributed by atoms with E-state index in [2.05, 4.69) is 17.4 Å². The second-order valence-electron chi connectivity index (χ2n) is 8.07. The molecule has 0 fully saturated rings. The lowest BCUT2D eigenvalue weighted by atomic mass is 10.0. The summed E-state index contributed by atoms with van der Waals surface area (Å²) in [6.45, 7) is 1.45. The fourth-order valence-electron chi connectivity index (χ4n) is 4.07. The van der Waals surface area contributed by atoms with Gasteiger partial charge in [0.25, 0.3) is 10.0 Å². The van der Waals surface area contributed by atoms with Crippen LogP contribution >= 0.6 is 23.2 Å². The molecule has 1 N–H and O–H groups in total. The van der Waals surface area contributed by atoms with Gasteiger partial charge in [0.2, 0.25) is 5.91 Å². The predicted octanol–water partition coefficient (Wildman–Crippen LogP) is 5.55. The van der Waals surface area contributed by atoms with E-state index in [0.717, 1.165) is 29.1 Å². The summed E-state index contributed by atoms with van der Waals surface area (Å²) < 4.78 is 27.9. The summed E-state index contributed by atoms with van der Waals surface area (Å²) in [5.41, 5.74) is 3.80. The monoisotopic (exact) mass is 502 g/mol. The number of fused-ring (bicyclic) bond motifs is 1. The van der Waals surface area contributed by atoms with Crippen LogP contribution in [0.1, 0.15) is 36.1 Å². The molecule has 1 atom stereocenters. The molecule has 0 saturated heterocycles. The summed E-state index contributed by atoms with van der Waals surface area (Å²) in [5.74, 6) is -0.446. The van der Waals surface area contributed by atoms with Gasteiger partial charge in [-0.15, -0.1) is 0 Å². The number of carbonyl (C=O) groups is 1. The number of aryl methyl sites for hydroxylation is 2. The number of nitrogens with one attached hydrogen (secondary N) is 1. The highest BCUT2D eigenvalue weighted by atomic mass is 35.5. The van der Waals surface area contributed by atoms with Gasteiger partial charge in [-0.2, -0.15) is 0 Å². The molecule has 0 saturated carbocycles. The van der Waals surface area contributed by atoms with E-state index in [-0.39, 0.29) is 26.7 Å². The Balaban J connectivity index is 1.61. The highest BCUT2D eigenvalue weighted by Crippen LogP contribution is 2.35. The largest absolute Gasteiger partial charge is 0.348 e. The smallest absolute Gasteiger partial charge is 0.264 e. The molecule has 0 aliphatic heterocycles. The normalized spacial score (nSPS) is 13.9. The van der Waals surface area contributed by atoms with E-state index in [4.69, 9.17) is 23.2 Å². The maximum atomic E-state index is 13.5. The third-order valence-electron chi connectivity index (χ3n) is 5.82. The first-order valence-electron chi connectivity index (χ1n) is 10.7. The van der Waals surface area contributed by atoms with Gasteiger partial charge in [-0.25, -0.2) is 8.42 Å². The molecule has 1 aliphatic rings. The van der Waals surface area contributed by atoms with Crippen LogP contribution in [0, 0.1) is 0 Å². The molecule has 8 heteroatoms. The number of rotatable bonds is 7. The standard InChI is InChI=1S/C25H24Cl2N2O3S/c1-17(19-14-13-18-7-5-8-20(18)15-19)28-24(30)16-29(23-12-6-11-22(26)25(23)27)33(31,32)21-9-3-2-4-10-21/h2-4,6,9-15,17H,5,7-8,16H2,1H3,(H,28,30)/t17-/m1/s1. The van der Waals surface area contributed by atoms with Crippen molar-refractivity contribution in [3.8, 4) is 0 Å². The van der Waals surface area contributed by atoms with Crippen LogP contribution in [0.3, 0.4) is 0 Å². The molecular weight excluding hydrogens is 479 g/mol. The molecule has 0 unspecified atom stereocenters. The van der Waals surface area contributed by atoms with Gasteiger partial charge in [-0.1, -0.05) is 65.7 Å². The molecular formula is C25H24Cl2N2O3S. The van der Waals surface area contributed by atoms with Crippen molar-refractivity contribution in [2.45, 2.75) is 37.1 Å². The first kappa shape index (κ1) is 23.6. The van der Waals surface area contributed by atoms with Crippen LogP contribution in [0.4, 0.5) is 5.69 Å². The Morgan fingerprint density at radius 1 is 1.00 bits per heavy atom. The summed E-state index contributed by atoms with van der Waals surface area (Å²) >= 11 is 12.5. The zero-order chi connectivity index (χ0) is 23.6. The van der Waals surface area contributed by atoms with Gasteiger partial charge < -0.3 is 5.32 Å². The van der Waals surface area contributed by atoms with Crippen molar-refractivity contribution < 1.29 is 13.2 Å². The minimum Gasteiger partial charge on any atom is -0.348 e. The summed E-state index contributed by atoms with van der Waals surface area (Å²) in [6, 6.07) is 18.6. The number of amides is 1. The first-order chi connectivity index (χ1) is 15.8. The van der Waals surface area contributed by atoms with Gasteiger partial charge >= 0.3 is 0 Å². The summed E-state index contributed by atoms with van der Waals surface area (Å²) in [6.07, 6.45) is 3.27. The van der Waals surface area contributed by atoms with Gasteiger partial charge in [-0.05, 0) is 67.1 Å². The van der Waals surface area contributed by atoms with Gasteiger partial charge in [0.1, 0.15) is 6.54 Å². The van der Waals surface area contributed by atoms with Gasteiger partial charge in [0, 0.05) is 0 Å². The topological polar surface area (TPSA) is 66.5 Å². The maximum Gasteiger partial charge on any atom is 0.264 e. The number of halogens is 2. The van der Waals surface area contributed by atoms with E-state index in [1.807, 2.05) is 13.0 Å². The Hall–Kier alpha value is -2.54. The predicted molar refractivity (Wildman–Crippen MR) is 132 cm³/mol. The van der Waals surface area contributed by atoms with E-state index in [1.165, 1.54) is 29.3 Å². The van der Waals surface area contributed by atoms with Gasteiger partial charge in [0.05, 0.1) is 26.7 Å². The second kappa shape index (κ2) is 9.75. The molecule has 1 amide bonds. The minimum atomic E-state index is -4.07. The molecule has 1 aliphatic carbocycles. The minimum absolute atomic E-state index is 0.0560. The van der Waals surface area contributed by atoms with Crippen LogP contribution in [0.25, 0.3) is 0 Å². The van der Waals surface area contributed by atoms with E-state index >= 15 is 0 Å². The average molecular weight is 503 g/mol. The van der Waals surface area contributed by atoms with Crippen molar-refractivity contribution in [3.63, 3.8) is 0 Å². The third kappa shape index (κ3) is 5.03. The molecule has 0 aromatic heterocycles. The van der Waals surface area contributed by atoms with Crippen LogP contribution in [0.2, 0.25) is 10.0 Å². The molecule has 0 radical (unpaired) electrons. The molecule has 5 nitrogen and oxygen atoms in total. The first-order valence-corrected chi connectivity index (χ1v) is 12.9. The van der Waals surface area contributed by atoms with Crippen LogP contribution in [0.15, 0.2) is 71.6 Å². The molecule has 172 valence electrons. The zero-order valence-electron chi connectivity index (χ0n) is 18.1. The van der Waals surface area contributed by atoms with Crippen LogP contribution < -0.4 is 9.62 Å². The fraction of sp³-hybridized carbons (Fsp3) is 0.240. The van der Waals surface area contributed by atoms with Crippen LogP contribution in [-0.4, -0.2) is 20.9 Å². The maximum absolute atomic E-state index is 13.5. The SMILES string of the molecule is C[C@@H](NC(=O)CN(c1cccc(Cl)c1Cl)S(=O)(=O)c1ccccc1)c1ccc2c(c1)CCC2. The Morgan fingerprint density at radius 3 is 2.48 bits per heavy atom. The lowest BCUT2D eigenvalue weighted by molar-refractivity contribution is -0.120. The number of hydrogen-bond acceptors (Lipinski definition) is 3. The van der Waals surface area contributed by atoms with Crippen molar-refractivity contribution in [1.82, 2.24) is 5.32 Å². The zero-order valence-corrected chi connectivity index (χ0v) is 20.4. The molecule has 0 heterocycles. The lowest BCUT2D eigenvalue weighted by Crippen LogP contribution is -2.41. The number of carbonyl (C=O) groups excluding carboxylic acids is 1. The van der Waals surface area contributed by atoms with Gasteiger partial charge in [0.15, 0.2) is 0 Å². The molecule has 33 heavy (non-hydrogen) atoms. The highest BCUT2D eigenvalue weighted by molar-refractivity contribution is 7.92. The average Bonchev–Trinajstić information content (AvgIpc) is 3.28. The Labute approximate surface area is 204 Å². The molecule has 3 aromatic carbocycles. The van der Waals surface area contributed by atoms with E-state index in [9.17, 15) is 13.2 Å². The van der Waals surface area contributed by atoms with Gasteiger partial charge in [-0.3, -0.25) is 9.10 Å². The summed E-state index contributed by atoms with van der Waals surface area (Å²) in [7, 11) is -4.07. The number of sulfonamides is 1. The van der Waals surface area contributed by atoms with Crippen molar-refractivity contribution in [1.29, 1.82) is 0 Å². The van der Waals surface area contributed by atoms with E-state index in [1.54, 1.807) is 30.3 Å². The summed E-state index contributed by atoms with van der Waals surface area (Å²) in [4.78, 5) is 13.1. The molecule has 3 aromatic rings. The molecule has 0 spiro atoms. The number of hydrogen-bond donors (Lipinski definition) is 1. The fourth-order valence-corrected chi connectivity index (χ4v) is 5.97. The number of nitrogens with zero attached hydrogens (tertiary/aromatic N) is 1. The van der Waals surface area contributed by atoms with Crippen molar-refractivity contribution in [2.24, 2.45) is 0 Å². The quantitative estimate of drug-likeness (QED) is 0.460. The van der Waals surface area contributed by atoms with E-state index in [0.29, 0.717) is 0 Å². The van der Waals surface area contributed by atoms with Crippen molar-refractivity contribution >= 4 is 44.8 Å². The number of benzene rings is 3. The van der Waals surface area contributed by atoms with Crippen molar-refractivity contribution in [2.75, 3.05) is 10.8 Å². The Kier molecular flexibility index (Phi) is 6.98. The molecule has 4 rings (SSSR count). The Morgan fingerprint density at radius 2 is 1.73 bits per heavy atom. The van der Waals surface area contributed by atoms with Crippen molar-refractivity contribution in [3.05, 3.63) is 93.5 Å². The van der Waals surface area contributed by atoms with Crippen LogP contribution in [-0.2, 0) is 27.7 Å². The lowest BCUT2D eigenvalue weighted by Gasteiger charge is -2.26. The van der Waals surface area contributed by atoms with E-state index < -0.39 is 22.5 Å². The molecule has 0 bridgehead atoms. The highest BCUT2D eigenvalue weighted by Gasteiger charge is 2.29. The van der Waals surface area contributed by atoms with Crippen LogP contribution in [0.5, 0.6) is 0 Å².